The van der Waals surface area contributed by atoms with Gasteiger partial charge in [0.25, 0.3) is 0 Å². The Kier molecular flexibility index (Phi) is 7.49. The summed E-state index contributed by atoms with van der Waals surface area (Å²) in [6, 6.07) is 16.0. The highest BCUT2D eigenvalue weighted by Crippen LogP contribution is 2.34. The number of carbonyl (C=O) groups excluding carboxylic acids is 1. The van der Waals surface area contributed by atoms with Crippen molar-refractivity contribution in [3.8, 4) is 11.1 Å². The second-order valence-electron chi connectivity index (χ2n) is 9.84. The molecule has 0 spiro atoms. The van der Waals surface area contributed by atoms with Gasteiger partial charge in [0.05, 0.1) is 5.56 Å². The van der Waals surface area contributed by atoms with E-state index in [1.807, 2.05) is 48.5 Å². The first-order valence-corrected chi connectivity index (χ1v) is 12.7. The van der Waals surface area contributed by atoms with Gasteiger partial charge >= 0.3 is 6.18 Å². The number of aromatic amines is 1. The van der Waals surface area contributed by atoms with Gasteiger partial charge in [-0.05, 0) is 54.4 Å². The van der Waals surface area contributed by atoms with Crippen molar-refractivity contribution in [2.45, 2.75) is 25.6 Å². The smallest absolute Gasteiger partial charge is 0.346 e. The number of hydrogen-bond acceptors (Lipinski definition) is 4. The average Bonchev–Trinajstić information content (AvgIpc) is 3.37. The van der Waals surface area contributed by atoms with E-state index in [0.717, 1.165) is 60.0 Å². The SMILES string of the molecule is CN1CCN(Cc2ccc(NC(=O)CCc3cccc(-c4cnc5[nH]ccc5c4)c3)cc2C(F)(F)F)CC1. The second-order valence-corrected chi connectivity index (χ2v) is 9.84. The molecule has 1 saturated heterocycles. The maximum absolute atomic E-state index is 13.9. The molecule has 2 aromatic carbocycles. The first-order chi connectivity index (χ1) is 18.2. The molecule has 4 aromatic rings. The first kappa shape index (κ1) is 25.9. The van der Waals surface area contributed by atoms with Crippen molar-refractivity contribution >= 4 is 22.6 Å². The van der Waals surface area contributed by atoms with Gasteiger partial charge in [-0.3, -0.25) is 9.69 Å². The highest BCUT2D eigenvalue weighted by Gasteiger charge is 2.34. The lowest BCUT2D eigenvalue weighted by Gasteiger charge is -2.33. The number of nitrogens with zero attached hydrogens (tertiary/aromatic N) is 3. The van der Waals surface area contributed by atoms with Gasteiger partial charge in [-0.2, -0.15) is 13.2 Å². The lowest BCUT2D eigenvalue weighted by Crippen LogP contribution is -2.44. The van der Waals surface area contributed by atoms with Crippen LogP contribution >= 0.6 is 0 Å². The van der Waals surface area contributed by atoms with E-state index >= 15 is 0 Å². The zero-order valence-corrected chi connectivity index (χ0v) is 21.2. The fourth-order valence-corrected chi connectivity index (χ4v) is 4.79. The highest BCUT2D eigenvalue weighted by atomic mass is 19.4. The third-order valence-electron chi connectivity index (χ3n) is 6.99. The summed E-state index contributed by atoms with van der Waals surface area (Å²) in [5.74, 6) is -0.328. The van der Waals surface area contributed by atoms with Crippen LogP contribution in [0.25, 0.3) is 22.2 Å². The minimum Gasteiger partial charge on any atom is -0.346 e. The number of benzene rings is 2. The molecule has 2 N–H and O–H groups in total. The number of likely N-dealkylation sites (N-methyl/N-ethyl adjacent to an activating group) is 1. The molecular formula is C29H30F3N5O. The number of anilines is 1. The molecule has 1 amide bonds. The number of pyridine rings is 1. The molecule has 1 fully saturated rings. The lowest BCUT2D eigenvalue weighted by atomic mass is 10.0. The first-order valence-electron chi connectivity index (χ1n) is 12.7. The normalized spacial score (nSPS) is 15.2. The summed E-state index contributed by atoms with van der Waals surface area (Å²) in [4.78, 5) is 24.3. The van der Waals surface area contributed by atoms with Crippen molar-refractivity contribution in [1.82, 2.24) is 19.8 Å². The number of piperazine rings is 1. The third-order valence-corrected chi connectivity index (χ3v) is 6.99. The number of nitrogens with one attached hydrogen (secondary N) is 2. The summed E-state index contributed by atoms with van der Waals surface area (Å²) in [6.45, 7) is 3.35. The number of aryl methyl sites for hydroxylation is 1. The van der Waals surface area contributed by atoms with Crippen molar-refractivity contribution in [2.75, 3.05) is 38.5 Å². The Morgan fingerprint density at radius 2 is 1.84 bits per heavy atom. The molecule has 6 nitrogen and oxygen atoms in total. The number of hydrogen-bond donors (Lipinski definition) is 2. The topological polar surface area (TPSA) is 64.3 Å². The number of aromatic nitrogens is 2. The van der Waals surface area contributed by atoms with Crippen LogP contribution in [0.4, 0.5) is 18.9 Å². The van der Waals surface area contributed by atoms with Gasteiger partial charge < -0.3 is 15.2 Å². The van der Waals surface area contributed by atoms with Crippen LogP contribution in [0.3, 0.4) is 0 Å². The predicted molar refractivity (Wildman–Crippen MR) is 143 cm³/mol. The number of fused-ring (bicyclic) bond motifs is 1. The molecule has 2 aromatic heterocycles. The molecule has 38 heavy (non-hydrogen) atoms. The third kappa shape index (κ3) is 6.23. The van der Waals surface area contributed by atoms with Crippen LogP contribution in [0.1, 0.15) is 23.1 Å². The predicted octanol–water partition coefficient (Wildman–Crippen LogP) is 5.57. The van der Waals surface area contributed by atoms with Crippen LogP contribution in [0.2, 0.25) is 0 Å². The van der Waals surface area contributed by atoms with E-state index in [9.17, 15) is 18.0 Å². The largest absolute Gasteiger partial charge is 0.416 e. The van der Waals surface area contributed by atoms with Gasteiger partial charge in [0.2, 0.25) is 5.91 Å². The van der Waals surface area contributed by atoms with Crippen LogP contribution in [0, 0.1) is 0 Å². The molecule has 5 rings (SSSR count). The molecule has 0 atom stereocenters. The van der Waals surface area contributed by atoms with E-state index in [2.05, 4.69) is 26.3 Å². The molecular weight excluding hydrogens is 491 g/mol. The molecule has 0 aliphatic carbocycles. The molecule has 198 valence electrons. The monoisotopic (exact) mass is 521 g/mol. The molecule has 3 heterocycles. The maximum Gasteiger partial charge on any atom is 0.416 e. The lowest BCUT2D eigenvalue weighted by molar-refractivity contribution is -0.138. The number of carbonyl (C=O) groups is 1. The fraction of sp³-hybridized carbons (Fsp3) is 0.310. The summed E-state index contributed by atoms with van der Waals surface area (Å²) < 4.78 is 41.6. The summed E-state index contributed by atoms with van der Waals surface area (Å²) in [6.07, 6.45) is -0.233. The average molecular weight is 522 g/mol. The number of H-pyrrole nitrogens is 1. The standard InChI is InChI=1S/C29H30F3N5O/c1-36-11-13-37(14-12-36)19-23-6-7-25(17-26(23)29(30,31)32)35-27(38)8-5-20-3-2-4-21(15-20)24-16-22-9-10-33-28(22)34-18-24/h2-4,6-7,9-10,15-18H,5,8,11-14,19H2,1H3,(H,33,34)(H,35,38). The zero-order valence-electron chi connectivity index (χ0n) is 21.2. The number of amides is 1. The van der Waals surface area contributed by atoms with Crippen molar-refractivity contribution in [3.05, 3.63) is 83.7 Å². The quantitative estimate of drug-likeness (QED) is 0.334. The van der Waals surface area contributed by atoms with Crippen molar-refractivity contribution < 1.29 is 18.0 Å². The van der Waals surface area contributed by atoms with Gasteiger partial charge in [-0.15, -0.1) is 0 Å². The van der Waals surface area contributed by atoms with E-state index in [-0.39, 0.29) is 30.1 Å². The van der Waals surface area contributed by atoms with Crippen LogP contribution in [0.5, 0.6) is 0 Å². The van der Waals surface area contributed by atoms with Crippen molar-refractivity contribution in [2.24, 2.45) is 0 Å². The number of halogens is 3. The zero-order chi connectivity index (χ0) is 26.7. The van der Waals surface area contributed by atoms with Crippen LogP contribution < -0.4 is 5.32 Å². The highest BCUT2D eigenvalue weighted by molar-refractivity contribution is 5.91. The van der Waals surface area contributed by atoms with E-state index in [1.165, 1.54) is 6.07 Å². The molecule has 0 saturated carbocycles. The summed E-state index contributed by atoms with van der Waals surface area (Å²) in [5, 5.41) is 3.67. The molecule has 0 unspecified atom stereocenters. The second kappa shape index (κ2) is 11.0. The Bertz CT molecular complexity index is 1420. The van der Waals surface area contributed by atoms with E-state index in [1.54, 1.807) is 12.3 Å². The Balaban J connectivity index is 1.22. The Morgan fingerprint density at radius 3 is 2.63 bits per heavy atom. The van der Waals surface area contributed by atoms with E-state index < -0.39 is 11.7 Å². The van der Waals surface area contributed by atoms with E-state index in [4.69, 9.17) is 0 Å². The molecule has 1 aliphatic rings. The number of alkyl halides is 3. The number of rotatable bonds is 7. The summed E-state index contributed by atoms with van der Waals surface area (Å²) in [5.41, 5.74) is 3.43. The van der Waals surface area contributed by atoms with Gasteiger partial charge in [0.15, 0.2) is 0 Å². The van der Waals surface area contributed by atoms with Gasteiger partial charge in [-0.25, -0.2) is 4.98 Å². The summed E-state index contributed by atoms with van der Waals surface area (Å²) in [7, 11) is 2.01. The summed E-state index contributed by atoms with van der Waals surface area (Å²) >= 11 is 0. The molecule has 0 radical (unpaired) electrons. The molecule has 0 bridgehead atoms. The maximum atomic E-state index is 13.9. The Morgan fingerprint density at radius 1 is 1.03 bits per heavy atom. The molecule has 9 heteroatoms. The van der Waals surface area contributed by atoms with Crippen LogP contribution in [-0.4, -0.2) is 58.9 Å². The minimum atomic E-state index is -4.50. The molecule has 1 aliphatic heterocycles. The Labute approximate surface area is 219 Å². The van der Waals surface area contributed by atoms with Crippen molar-refractivity contribution in [1.29, 1.82) is 0 Å². The minimum absolute atomic E-state index is 0.156. The van der Waals surface area contributed by atoms with E-state index in [0.29, 0.717) is 6.42 Å². The van der Waals surface area contributed by atoms with Crippen molar-refractivity contribution in [3.63, 3.8) is 0 Å². The van der Waals surface area contributed by atoms with Gasteiger partial charge in [0.1, 0.15) is 5.65 Å². The van der Waals surface area contributed by atoms with Crippen LogP contribution in [0.15, 0.2) is 67.0 Å². The Hall–Kier alpha value is -3.69. The van der Waals surface area contributed by atoms with Gasteiger partial charge in [-0.1, -0.05) is 30.3 Å². The van der Waals surface area contributed by atoms with Gasteiger partial charge in [0, 0.05) is 68.2 Å². The van der Waals surface area contributed by atoms with Crippen LogP contribution in [-0.2, 0) is 23.9 Å². The fourth-order valence-electron chi connectivity index (χ4n) is 4.79.